The van der Waals surface area contributed by atoms with E-state index in [4.69, 9.17) is 4.74 Å². The highest BCUT2D eigenvalue weighted by molar-refractivity contribution is 5.93. The van der Waals surface area contributed by atoms with Crippen molar-refractivity contribution in [3.63, 3.8) is 0 Å². The molecule has 2 aromatic rings. The maximum atomic E-state index is 12.2. The summed E-state index contributed by atoms with van der Waals surface area (Å²) in [6.07, 6.45) is 5.05. The molecule has 0 aliphatic carbocycles. The second-order valence-corrected chi connectivity index (χ2v) is 4.59. The lowest BCUT2D eigenvalue weighted by atomic mass is 10.2. The van der Waals surface area contributed by atoms with E-state index in [1.807, 2.05) is 13.0 Å². The molecule has 2 heterocycles. The number of hydrogen-bond acceptors (Lipinski definition) is 4. The van der Waals surface area contributed by atoms with E-state index >= 15 is 0 Å². The predicted molar refractivity (Wildman–Crippen MR) is 74.8 cm³/mol. The molecule has 2 rings (SSSR count). The van der Waals surface area contributed by atoms with Gasteiger partial charge in [0.05, 0.1) is 11.7 Å². The number of nitrogens with zero attached hydrogens (tertiary/aromatic N) is 4. The van der Waals surface area contributed by atoms with Crippen molar-refractivity contribution in [2.24, 2.45) is 0 Å². The lowest BCUT2D eigenvalue weighted by molar-refractivity contribution is 0.0599. The molecule has 0 aromatic carbocycles. The van der Waals surface area contributed by atoms with Gasteiger partial charge in [0, 0.05) is 39.3 Å². The summed E-state index contributed by atoms with van der Waals surface area (Å²) < 4.78 is 6.80. The van der Waals surface area contributed by atoms with Crippen molar-refractivity contribution in [3.05, 3.63) is 42.4 Å². The van der Waals surface area contributed by atoms with Crippen LogP contribution in [-0.4, -0.2) is 52.4 Å². The number of hydrogen-bond donors (Lipinski definition) is 0. The van der Waals surface area contributed by atoms with Gasteiger partial charge < -0.3 is 9.64 Å². The van der Waals surface area contributed by atoms with Gasteiger partial charge in [0.25, 0.3) is 5.91 Å². The Kier molecular flexibility index (Phi) is 4.47. The van der Waals surface area contributed by atoms with E-state index in [1.165, 1.54) is 0 Å². The minimum atomic E-state index is -0.0755. The maximum absolute atomic E-state index is 12.2. The van der Waals surface area contributed by atoms with Gasteiger partial charge in [-0.1, -0.05) is 0 Å². The molecule has 0 bridgehead atoms. The molecule has 0 spiro atoms. The van der Waals surface area contributed by atoms with Gasteiger partial charge in [0.1, 0.15) is 0 Å². The third-order valence-corrected chi connectivity index (χ3v) is 3.01. The van der Waals surface area contributed by atoms with Gasteiger partial charge in [0.15, 0.2) is 5.82 Å². The molecule has 0 fully saturated rings. The standard InChI is InChI=1S/C14H18N4O2/c1-11(20-3)10-17(2)14(19)12-5-6-13(15-9-12)18-8-4-7-16-18/h4-9,11H,10H2,1-3H3/t11-/m0/s1. The third kappa shape index (κ3) is 3.21. The van der Waals surface area contributed by atoms with Crippen LogP contribution in [0.3, 0.4) is 0 Å². The first kappa shape index (κ1) is 14.2. The first-order chi connectivity index (χ1) is 9.61. The molecule has 0 aliphatic heterocycles. The van der Waals surface area contributed by atoms with Crippen LogP contribution in [0.1, 0.15) is 17.3 Å². The largest absolute Gasteiger partial charge is 0.380 e. The van der Waals surface area contributed by atoms with Crippen molar-refractivity contribution in [2.45, 2.75) is 13.0 Å². The van der Waals surface area contributed by atoms with Crippen LogP contribution < -0.4 is 0 Å². The van der Waals surface area contributed by atoms with E-state index in [0.29, 0.717) is 17.9 Å². The molecule has 0 N–H and O–H groups in total. The fourth-order valence-corrected chi connectivity index (χ4v) is 1.82. The van der Waals surface area contributed by atoms with Crippen LogP contribution in [0.25, 0.3) is 5.82 Å². The minimum Gasteiger partial charge on any atom is -0.380 e. The molecule has 1 amide bonds. The first-order valence-corrected chi connectivity index (χ1v) is 6.36. The van der Waals surface area contributed by atoms with Gasteiger partial charge in [-0.25, -0.2) is 9.67 Å². The summed E-state index contributed by atoms with van der Waals surface area (Å²) in [5.41, 5.74) is 0.548. The van der Waals surface area contributed by atoms with E-state index in [-0.39, 0.29) is 12.0 Å². The highest BCUT2D eigenvalue weighted by atomic mass is 16.5. The highest BCUT2D eigenvalue weighted by Gasteiger charge is 2.14. The Balaban J connectivity index is 2.08. The number of aromatic nitrogens is 3. The molecule has 0 saturated heterocycles. The van der Waals surface area contributed by atoms with Gasteiger partial charge in [-0.2, -0.15) is 5.10 Å². The van der Waals surface area contributed by atoms with Crippen molar-refractivity contribution in [3.8, 4) is 5.82 Å². The summed E-state index contributed by atoms with van der Waals surface area (Å²) in [5.74, 6) is 0.605. The van der Waals surface area contributed by atoms with E-state index in [2.05, 4.69) is 10.1 Å². The lowest BCUT2D eigenvalue weighted by Gasteiger charge is -2.20. The zero-order valence-corrected chi connectivity index (χ0v) is 11.9. The van der Waals surface area contributed by atoms with E-state index in [9.17, 15) is 4.79 Å². The predicted octanol–water partition coefficient (Wildman–Crippen LogP) is 1.37. The summed E-state index contributed by atoms with van der Waals surface area (Å²) in [6.45, 7) is 2.46. The smallest absolute Gasteiger partial charge is 0.255 e. The Morgan fingerprint density at radius 3 is 2.85 bits per heavy atom. The van der Waals surface area contributed by atoms with Crippen molar-refractivity contribution < 1.29 is 9.53 Å². The fraction of sp³-hybridized carbons (Fsp3) is 0.357. The molecule has 1 atom stereocenters. The normalized spacial score (nSPS) is 12.2. The van der Waals surface area contributed by atoms with Crippen molar-refractivity contribution in [2.75, 3.05) is 20.7 Å². The monoisotopic (exact) mass is 274 g/mol. The Hall–Kier alpha value is -2.21. The summed E-state index contributed by atoms with van der Waals surface area (Å²) >= 11 is 0. The zero-order valence-electron chi connectivity index (χ0n) is 11.9. The first-order valence-electron chi connectivity index (χ1n) is 6.36. The number of likely N-dealkylation sites (N-methyl/N-ethyl adjacent to an activating group) is 1. The van der Waals surface area contributed by atoms with Gasteiger partial charge >= 0.3 is 0 Å². The molecule has 6 nitrogen and oxygen atoms in total. The minimum absolute atomic E-state index is 0.000238. The van der Waals surface area contributed by atoms with Crippen molar-refractivity contribution in [1.29, 1.82) is 0 Å². The average molecular weight is 274 g/mol. The Morgan fingerprint density at radius 1 is 1.50 bits per heavy atom. The molecule has 2 aromatic heterocycles. The van der Waals surface area contributed by atoms with Crippen LogP contribution in [0.4, 0.5) is 0 Å². The fourth-order valence-electron chi connectivity index (χ4n) is 1.82. The van der Waals surface area contributed by atoms with Crippen LogP contribution in [0.2, 0.25) is 0 Å². The Morgan fingerprint density at radius 2 is 2.30 bits per heavy atom. The zero-order chi connectivity index (χ0) is 14.5. The lowest BCUT2D eigenvalue weighted by Crippen LogP contribution is -2.33. The Bertz CT molecular complexity index is 551. The molecule has 0 aliphatic rings. The second-order valence-electron chi connectivity index (χ2n) is 4.59. The SMILES string of the molecule is CO[C@@H](C)CN(C)C(=O)c1ccc(-n2cccn2)nc1. The molecule has 0 unspecified atom stereocenters. The van der Waals surface area contributed by atoms with Gasteiger partial charge in [0.2, 0.25) is 0 Å². The molecule has 6 heteroatoms. The van der Waals surface area contributed by atoms with Gasteiger partial charge in [-0.15, -0.1) is 0 Å². The third-order valence-electron chi connectivity index (χ3n) is 3.01. The highest BCUT2D eigenvalue weighted by Crippen LogP contribution is 2.07. The van der Waals surface area contributed by atoms with Crippen LogP contribution in [0, 0.1) is 0 Å². The number of carbonyl (C=O) groups is 1. The van der Waals surface area contributed by atoms with Crippen molar-refractivity contribution in [1.82, 2.24) is 19.7 Å². The molecular formula is C14H18N4O2. The summed E-state index contributed by atoms with van der Waals surface area (Å²) in [5, 5.41) is 4.09. The number of rotatable bonds is 5. The number of amides is 1. The van der Waals surface area contributed by atoms with E-state index < -0.39 is 0 Å². The molecule has 106 valence electrons. The van der Waals surface area contributed by atoms with E-state index in [1.54, 1.807) is 54.5 Å². The number of pyridine rings is 1. The second kappa shape index (κ2) is 6.29. The number of methoxy groups -OCH3 is 1. The van der Waals surface area contributed by atoms with Crippen LogP contribution in [-0.2, 0) is 4.74 Å². The van der Waals surface area contributed by atoms with Crippen LogP contribution in [0.15, 0.2) is 36.8 Å². The summed E-state index contributed by atoms with van der Waals surface area (Å²) in [6, 6.07) is 5.34. The van der Waals surface area contributed by atoms with Gasteiger partial charge in [-0.3, -0.25) is 4.79 Å². The van der Waals surface area contributed by atoms with Crippen LogP contribution >= 0.6 is 0 Å². The molecule has 0 saturated carbocycles. The topological polar surface area (TPSA) is 60.2 Å². The van der Waals surface area contributed by atoms with Crippen LogP contribution in [0.5, 0.6) is 0 Å². The van der Waals surface area contributed by atoms with Crippen molar-refractivity contribution >= 4 is 5.91 Å². The van der Waals surface area contributed by atoms with Gasteiger partial charge in [-0.05, 0) is 25.1 Å². The summed E-state index contributed by atoms with van der Waals surface area (Å²) in [7, 11) is 3.38. The quantitative estimate of drug-likeness (QED) is 0.826. The molecule has 0 radical (unpaired) electrons. The maximum Gasteiger partial charge on any atom is 0.255 e. The average Bonchev–Trinajstić information content (AvgIpc) is 3.00. The number of ether oxygens (including phenoxy) is 1. The molecule has 20 heavy (non-hydrogen) atoms. The summed E-state index contributed by atoms with van der Waals surface area (Å²) in [4.78, 5) is 18.1. The Labute approximate surface area is 118 Å². The van der Waals surface area contributed by atoms with E-state index in [0.717, 1.165) is 0 Å². The number of carbonyl (C=O) groups excluding carboxylic acids is 1. The molecular weight excluding hydrogens is 256 g/mol.